The summed E-state index contributed by atoms with van der Waals surface area (Å²) in [7, 11) is 1.08. The third-order valence-corrected chi connectivity index (χ3v) is 1.46. The van der Waals surface area contributed by atoms with Crippen molar-refractivity contribution in [2.45, 2.75) is 0 Å². The molecule has 0 unspecified atom stereocenters. The normalized spacial score (nSPS) is 11.1. The fourth-order valence-corrected chi connectivity index (χ4v) is 0.812. The molecule has 1 heterocycles. The molecule has 0 aliphatic carbocycles. The molecule has 9 heteroatoms. The molecule has 1 aromatic heterocycles. The monoisotopic (exact) mass is 214 g/mol. The molecule has 0 spiro atoms. The molecule has 0 atom stereocenters. The molecule has 0 saturated heterocycles. The zero-order valence-electron chi connectivity index (χ0n) is 7.52. The van der Waals surface area contributed by atoms with Crippen LogP contribution in [0.1, 0.15) is 0 Å². The number of rotatable bonds is 1. The van der Waals surface area contributed by atoms with Crippen LogP contribution in [0.4, 0.5) is 5.82 Å². The van der Waals surface area contributed by atoms with Gasteiger partial charge in [-0.25, -0.2) is 4.79 Å². The van der Waals surface area contributed by atoms with E-state index in [1.54, 1.807) is 0 Å². The van der Waals surface area contributed by atoms with Gasteiger partial charge < -0.3 is 20.1 Å². The van der Waals surface area contributed by atoms with E-state index in [0.29, 0.717) is 0 Å². The van der Waals surface area contributed by atoms with Gasteiger partial charge >= 0.3 is 11.8 Å². The highest BCUT2D eigenvalue weighted by Crippen LogP contribution is 2.05. The molecular weight excluding hydrogens is 208 g/mol. The number of ether oxygens (including phenoxy) is 1. The molecule has 80 valence electrons. The molecule has 0 bridgehead atoms. The lowest BCUT2D eigenvalue weighted by atomic mass is 10.6. The number of aromatic nitrogens is 2. The summed E-state index contributed by atoms with van der Waals surface area (Å²) in [5.41, 5.74) is 0. The second-order valence-corrected chi connectivity index (χ2v) is 2.31. The third-order valence-electron chi connectivity index (χ3n) is 1.46. The first-order chi connectivity index (χ1) is 7.10. The maximum atomic E-state index is 11.0. The van der Waals surface area contributed by atoms with Gasteiger partial charge in [0.15, 0.2) is 0 Å². The number of hydrogen-bond donors (Lipinski definition) is 1. The van der Waals surface area contributed by atoms with Crippen molar-refractivity contribution in [3.63, 3.8) is 0 Å². The minimum Gasteiger partial charge on any atom is -0.463 e. The minimum atomic E-state index is -0.940. The smallest absolute Gasteiger partial charge is 0.381 e. The van der Waals surface area contributed by atoms with Crippen molar-refractivity contribution < 1.29 is 19.7 Å². The van der Waals surface area contributed by atoms with Gasteiger partial charge in [-0.05, 0) is 9.91 Å². The summed E-state index contributed by atoms with van der Waals surface area (Å²) in [4.78, 5) is 23.9. The average Bonchev–Trinajstić information content (AvgIpc) is 2.68. The lowest BCUT2D eigenvalue weighted by Gasteiger charge is -1.99. The van der Waals surface area contributed by atoms with E-state index >= 15 is 0 Å². The minimum absolute atomic E-state index is 0.472. The standard InChI is InChI=1S/C6H6N4O5/c1-15-6(11)5(8-12)9-2-4(7-3-9)10(13)14/h2-3,12H,1H3/b8-5+. The highest BCUT2D eigenvalue weighted by molar-refractivity contribution is 6.35. The highest BCUT2D eigenvalue weighted by Gasteiger charge is 2.19. The number of methoxy groups -OCH3 is 1. The number of nitro groups is 1. The molecule has 0 amide bonds. The second kappa shape index (κ2) is 4.17. The van der Waals surface area contributed by atoms with Gasteiger partial charge in [0.1, 0.15) is 6.20 Å². The lowest BCUT2D eigenvalue weighted by molar-refractivity contribution is -0.389. The van der Waals surface area contributed by atoms with E-state index in [9.17, 15) is 14.9 Å². The first-order valence-corrected chi connectivity index (χ1v) is 3.59. The molecule has 0 radical (unpaired) electrons. The van der Waals surface area contributed by atoms with Crippen LogP contribution in [0, 0.1) is 10.1 Å². The predicted molar refractivity (Wildman–Crippen MR) is 45.5 cm³/mol. The Morgan fingerprint density at radius 2 is 2.47 bits per heavy atom. The summed E-state index contributed by atoms with van der Waals surface area (Å²) in [6.45, 7) is 0. The van der Waals surface area contributed by atoms with Crippen LogP contribution in [0.3, 0.4) is 0 Å². The number of oxime groups is 1. The zero-order chi connectivity index (χ0) is 11.4. The Morgan fingerprint density at radius 1 is 1.80 bits per heavy atom. The summed E-state index contributed by atoms with van der Waals surface area (Å²) in [6.07, 6.45) is 1.88. The van der Waals surface area contributed by atoms with Crippen molar-refractivity contribution in [2.75, 3.05) is 7.11 Å². The number of imidazole rings is 1. The van der Waals surface area contributed by atoms with Crippen LogP contribution < -0.4 is 0 Å². The van der Waals surface area contributed by atoms with Gasteiger partial charge in [-0.2, -0.15) is 0 Å². The van der Waals surface area contributed by atoms with Gasteiger partial charge in [0.05, 0.1) is 7.11 Å². The molecule has 0 saturated carbocycles. The van der Waals surface area contributed by atoms with Crippen molar-refractivity contribution >= 4 is 17.6 Å². The number of esters is 1. The molecule has 0 fully saturated rings. The first-order valence-electron chi connectivity index (χ1n) is 3.59. The van der Waals surface area contributed by atoms with Crippen LogP contribution in [0.5, 0.6) is 0 Å². The molecule has 1 rings (SSSR count). The van der Waals surface area contributed by atoms with Crippen LogP contribution in [0.2, 0.25) is 0 Å². The maximum Gasteiger partial charge on any atom is 0.381 e. The Hall–Kier alpha value is -2.45. The Kier molecular flexibility index (Phi) is 2.96. The zero-order valence-corrected chi connectivity index (χ0v) is 7.52. The Balaban J connectivity index is 3.04. The quantitative estimate of drug-likeness (QED) is 0.169. The Morgan fingerprint density at radius 3 is 2.87 bits per heavy atom. The van der Waals surface area contributed by atoms with Crippen LogP contribution in [0.15, 0.2) is 17.7 Å². The number of hydrogen-bond acceptors (Lipinski definition) is 7. The number of carbonyl (C=O) groups excluding carboxylic acids is 1. The van der Waals surface area contributed by atoms with E-state index in [2.05, 4.69) is 14.9 Å². The summed E-state index contributed by atoms with van der Waals surface area (Å²) in [5.74, 6) is -1.93. The lowest BCUT2D eigenvalue weighted by Crippen LogP contribution is -2.23. The van der Waals surface area contributed by atoms with E-state index in [-0.39, 0.29) is 0 Å². The van der Waals surface area contributed by atoms with Crippen molar-refractivity contribution in [1.29, 1.82) is 0 Å². The van der Waals surface area contributed by atoms with Gasteiger partial charge in [-0.3, -0.25) is 4.57 Å². The maximum absolute atomic E-state index is 11.0. The van der Waals surface area contributed by atoms with E-state index in [0.717, 1.165) is 24.2 Å². The molecular formula is C6H6N4O5. The van der Waals surface area contributed by atoms with Crippen LogP contribution in [-0.4, -0.2) is 38.6 Å². The Bertz CT molecular complexity index is 423. The van der Waals surface area contributed by atoms with Crippen molar-refractivity contribution in [3.05, 3.63) is 22.6 Å². The van der Waals surface area contributed by atoms with Crippen LogP contribution in [0.25, 0.3) is 0 Å². The fraction of sp³-hybridized carbons (Fsp3) is 0.167. The molecule has 15 heavy (non-hydrogen) atoms. The summed E-state index contributed by atoms with van der Waals surface area (Å²) in [5, 5.41) is 21.4. The summed E-state index contributed by atoms with van der Waals surface area (Å²) in [6, 6.07) is 0. The van der Waals surface area contributed by atoms with E-state index in [1.165, 1.54) is 0 Å². The molecule has 9 nitrogen and oxygen atoms in total. The van der Waals surface area contributed by atoms with E-state index in [1.807, 2.05) is 0 Å². The molecule has 0 aliphatic rings. The van der Waals surface area contributed by atoms with Crippen LogP contribution >= 0.6 is 0 Å². The number of carbonyl (C=O) groups is 1. The topological polar surface area (TPSA) is 120 Å². The molecule has 0 aliphatic heterocycles. The predicted octanol–water partition coefficient (Wildman–Crippen LogP) is -0.400. The summed E-state index contributed by atoms with van der Waals surface area (Å²) < 4.78 is 5.16. The van der Waals surface area contributed by atoms with Gasteiger partial charge in [0.2, 0.25) is 6.33 Å². The second-order valence-electron chi connectivity index (χ2n) is 2.31. The molecule has 1 N–H and O–H groups in total. The highest BCUT2D eigenvalue weighted by atomic mass is 16.6. The van der Waals surface area contributed by atoms with Gasteiger partial charge in [-0.1, -0.05) is 5.16 Å². The van der Waals surface area contributed by atoms with Gasteiger partial charge in [0, 0.05) is 0 Å². The van der Waals surface area contributed by atoms with Gasteiger partial charge in [-0.15, -0.1) is 0 Å². The number of nitrogens with zero attached hydrogens (tertiary/aromatic N) is 4. The van der Waals surface area contributed by atoms with Gasteiger partial charge in [0.25, 0.3) is 5.84 Å². The molecule has 0 aromatic carbocycles. The summed E-state index contributed by atoms with van der Waals surface area (Å²) >= 11 is 0. The first kappa shape index (κ1) is 10.6. The largest absolute Gasteiger partial charge is 0.463 e. The van der Waals surface area contributed by atoms with Crippen molar-refractivity contribution in [2.24, 2.45) is 5.16 Å². The van der Waals surface area contributed by atoms with Crippen LogP contribution in [-0.2, 0) is 9.53 Å². The van der Waals surface area contributed by atoms with E-state index < -0.39 is 22.5 Å². The van der Waals surface area contributed by atoms with Crippen molar-refractivity contribution in [1.82, 2.24) is 9.55 Å². The third kappa shape index (κ3) is 2.07. The fourth-order valence-electron chi connectivity index (χ4n) is 0.812. The van der Waals surface area contributed by atoms with Crippen molar-refractivity contribution in [3.8, 4) is 0 Å². The Labute approximate surface area is 82.7 Å². The van der Waals surface area contributed by atoms with E-state index in [4.69, 9.17) is 5.21 Å². The average molecular weight is 214 g/mol. The molecule has 1 aromatic rings. The SMILES string of the molecule is COC(=O)/C(=N\O)n1cnc([N+](=O)[O-])c1.